The molecule has 0 aliphatic carbocycles. The minimum absolute atomic E-state index is 0.0268. The van der Waals surface area contributed by atoms with Crippen LogP contribution in [0, 0.1) is 13.8 Å². The maximum Gasteiger partial charge on any atom is 0.345 e. The SMILES string of the molecule is Cc1n[nH]c(C)c1NS(=O)(=O)c1ccc(C(=O)O)s1. The van der Waals surface area contributed by atoms with Crippen LogP contribution in [0.2, 0.25) is 0 Å². The number of anilines is 1. The number of rotatable bonds is 4. The molecular formula is C10H11N3O4S2. The summed E-state index contributed by atoms with van der Waals surface area (Å²) in [5.74, 6) is -1.15. The van der Waals surface area contributed by atoms with E-state index < -0.39 is 16.0 Å². The van der Waals surface area contributed by atoms with Gasteiger partial charge in [0.2, 0.25) is 0 Å². The number of nitrogens with zero attached hydrogens (tertiary/aromatic N) is 1. The fourth-order valence-electron chi connectivity index (χ4n) is 1.47. The highest BCUT2D eigenvalue weighted by molar-refractivity contribution is 7.94. The average molecular weight is 301 g/mol. The number of hydrogen-bond donors (Lipinski definition) is 3. The number of hydrogen-bond acceptors (Lipinski definition) is 5. The van der Waals surface area contributed by atoms with Crippen LogP contribution in [0.3, 0.4) is 0 Å². The van der Waals surface area contributed by atoms with Gasteiger partial charge in [-0.05, 0) is 26.0 Å². The van der Waals surface area contributed by atoms with Crippen LogP contribution in [0.4, 0.5) is 5.69 Å². The van der Waals surface area contributed by atoms with E-state index in [9.17, 15) is 13.2 Å². The smallest absolute Gasteiger partial charge is 0.345 e. The van der Waals surface area contributed by atoms with Gasteiger partial charge in [0.15, 0.2) is 0 Å². The Labute approximate surface area is 113 Å². The molecule has 2 heterocycles. The van der Waals surface area contributed by atoms with Crippen LogP contribution in [-0.4, -0.2) is 29.7 Å². The van der Waals surface area contributed by atoms with Gasteiger partial charge in [-0.25, -0.2) is 13.2 Å². The summed E-state index contributed by atoms with van der Waals surface area (Å²) >= 11 is 0.701. The van der Waals surface area contributed by atoms with E-state index in [0.717, 1.165) is 0 Å². The lowest BCUT2D eigenvalue weighted by molar-refractivity contribution is 0.0702. The number of carbonyl (C=O) groups is 1. The average Bonchev–Trinajstić information content (AvgIpc) is 2.92. The number of H-pyrrole nitrogens is 1. The number of nitrogens with one attached hydrogen (secondary N) is 2. The van der Waals surface area contributed by atoms with Crippen molar-refractivity contribution in [3.63, 3.8) is 0 Å². The molecule has 0 spiro atoms. The molecule has 0 aliphatic heterocycles. The van der Waals surface area contributed by atoms with Crippen molar-refractivity contribution in [1.29, 1.82) is 0 Å². The standard InChI is InChI=1S/C10H11N3O4S2/c1-5-9(6(2)12-11-5)13-19(16,17)8-4-3-7(18-8)10(14)15/h3-4,13H,1-2H3,(H,11,12)(H,14,15). The quantitative estimate of drug-likeness (QED) is 0.793. The number of aromatic nitrogens is 2. The highest BCUT2D eigenvalue weighted by Crippen LogP contribution is 2.26. The van der Waals surface area contributed by atoms with E-state index in [1.165, 1.54) is 12.1 Å². The summed E-state index contributed by atoms with van der Waals surface area (Å²) in [5, 5.41) is 15.3. The van der Waals surface area contributed by atoms with Crippen LogP contribution in [0.25, 0.3) is 0 Å². The summed E-state index contributed by atoms with van der Waals surface area (Å²) in [6.45, 7) is 3.35. The second-order valence-corrected chi connectivity index (χ2v) is 6.83. The van der Waals surface area contributed by atoms with Crippen molar-refractivity contribution in [2.45, 2.75) is 18.1 Å². The first kappa shape index (κ1) is 13.6. The monoisotopic (exact) mass is 301 g/mol. The molecule has 2 aromatic rings. The van der Waals surface area contributed by atoms with Crippen molar-refractivity contribution < 1.29 is 18.3 Å². The minimum atomic E-state index is -3.80. The normalized spacial score (nSPS) is 11.5. The zero-order valence-electron chi connectivity index (χ0n) is 10.1. The van der Waals surface area contributed by atoms with Crippen molar-refractivity contribution in [1.82, 2.24) is 10.2 Å². The lowest BCUT2D eigenvalue weighted by Crippen LogP contribution is -2.12. The largest absolute Gasteiger partial charge is 0.477 e. The summed E-state index contributed by atoms with van der Waals surface area (Å²) < 4.78 is 26.6. The van der Waals surface area contributed by atoms with Gasteiger partial charge in [-0.15, -0.1) is 11.3 Å². The highest BCUT2D eigenvalue weighted by Gasteiger charge is 2.21. The summed E-state index contributed by atoms with van der Waals surface area (Å²) in [6, 6.07) is 2.53. The highest BCUT2D eigenvalue weighted by atomic mass is 32.2. The Morgan fingerprint density at radius 3 is 2.58 bits per heavy atom. The van der Waals surface area contributed by atoms with Gasteiger partial charge in [0, 0.05) is 0 Å². The molecule has 0 aliphatic rings. The topological polar surface area (TPSA) is 112 Å². The van der Waals surface area contributed by atoms with Gasteiger partial charge in [0.05, 0.1) is 17.1 Å². The maximum absolute atomic E-state index is 12.1. The van der Waals surface area contributed by atoms with Crippen LogP contribution >= 0.6 is 11.3 Å². The van der Waals surface area contributed by atoms with Crippen LogP contribution in [0.5, 0.6) is 0 Å². The van der Waals surface area contributed by atoms with Gasteiger partial charge in [-0.2, -0.15) is 5.10 Å². The molecule has 9 heteroatoms. The van der Waals surface area contributed by atoms with Gasteiger partial charge < -0.3 is 5.11 Å². The number of sulfonamides is 1. The Bertz CT molecular complexity index is 710. The van der Waals surface area contributed by atoms with E-state index in [-0.39, 0.29) is 9.09 Å². The second kappa shape index (κ2) is 4.67. The van der Waals surface area contributed by atoms with Gasteiger partial charge >= 0.3 is 5.97 Å². The molecule has 0 bridgehead atoms. The predicted molar refractivity (Wildman–Crippen MR) is 70.1 cm³/mol. The summed E-state index contributed by atoms with van der Waals surface area (Å²) in [5.41, 5.74) is 1.50. The molecule has 19 heavy (non-hydrogen) atoms. The number of carboxylic acid groups (broad SMARTS) is 1. The summed E-state index contributed by atoms with van der Waals surface area (Å²) in [4.78, 5) is 10.7. The zero-order chi connectivity index (χ0) is 14.2. The third kappa shape index (κ3) is 2.61. The molecule has 7 nitrogen and oxygen atoms in total. The molecule has 0 fully saturated rings. The Morgan fingerprint density at radius 2 is 2.11 bits per heavy atom. The predicted octanol–water partition coefficient (Wildman–Crippen LogP) is 1.59. The molecule has 0 saturated carbocycles. The molecule has 0 radical (unpaired) electrons. The van der Waals surface area contributed by atoms with Crippen molar-refractivity contribution >= 4 is 33.0 Å². The van der Waals surface area contributed by atoms with Gasteiger partial charge in [0.25, 0.3) is 10.0 Å². The van der Waals surface area contributed by atoms with Crippen molar-refractivity contribution in [2.24, 2.45) is 0 Å². The Balaban J connectivity index is 2.35. The molecule has 102 valence electrons. The molecule has 0 aromatic carbocycles. The van der Waals surface area contributed by atoms with E-state index in [2.05, 4.69) is 14.9 Å². The van der Waals surface area contributed by atoms with E-state index in [1.807, 2.05) is 0 Å². The molecule has 2 aromatic heterocycles. The summed E-state index contributed by atoms with van der Waals surface area (Å²) in [6.07, 6.45) is 0. The van der Waals surface area contributed by atoms with E-state index in [0.29, 0.717) is 28.4 Å². The molecule has 0 saturated heterocycles. The zero-order valence-corrected chi connectivity index (χ0v) is 11.7. The third-order valence-corrected chi connectivity index (χ3v) is 5.34. The van der Waals surface area contributed by atoms with E-state index in [1.54, 1.807) is 13.8 Å². The number of aromatic carboxylic acids is 1. The minimum Gasteiger partial charge on any atom is -0.477 e. The first-order chi connectivity index (χ1) is 8.81. The number of carboxylic acids is 1. The summed E-state index contributed by atoms with van der Waals surface area (Å²) in [7, 11) is -3.80. The fourth-order valence-corrected chi connectivity index (χ4v) is 3.79. The molecule has 0 atom stereocenters. The number of aromatic amines is 1. The van der Waals surface area contributed by atoms with E-state index >= 15 is 0 Å². The lowest BCUT2D eigenvalue weighted by Gasteiger charge is -2.05. The van der Waals surface area contributed by atoms with E-state index in [4.69, 9.17) is 5.11 Å². The Morgan fingerprint density at radius 1 is 1.42 bits per heavy atom. The van der Waals surface area contributed by atoms with Crippen LogP contribution in [0.15, 0.2) is 16.3 Å². The first-order valence-corrected chi connectivity index (χ1v) is 7.49. The Kier molecular flexibility index (Phi) is 3.33. The Hall–Kier alpha value is -1.87. The van der Waals surface area contributed by atoms with Crippen molar-refractivity contribution in [3.8, 4) is 0 Å². The second-order valence-electron chi connectivity index (χ2n) is 3.84. The van der Waals surface area contributed by atoms with Crippen molar-refractivity contribution in [3.05, 3.63) is 28.4 Å². The molecule has 0 amide bonds. The van der Waals surface area contributed by atoms with Gasteiger partial charge in [0.1, 0.15) is 9.09 Å². The lowest BCUT2D eigenvalue weighted by atomic mass is 10.3. The molecular weight excluding hydrogens is 290 g/mol. The van der Waals surface area contributed by atoms with Gasteiger partial charge in [-0.3, -0.25) is 9.82 Å². The van der Waals surface area contributed by atoms with Crippen LogP contribution in [0.1, 0.15) is 21.1 Å². The number of aryl methyl sites for hydroxylation is 2. The van der Waals surface area contributed by atoms with Crippen LogP contribution < -0.4 is 4.72 Å². The molecule has 0 unspecified atom stereocenters. The first-order valence-electron chi connectivity index (χ1n) is 5.19. The maximum atomic E-state index is 12.1. The van der Waals surface area contributed by atoms with Crippen LogP contribution in [-0.2, 0) is 10.0 Å². The number of thiophene rings is 1. The fraction of sp³-hybridized carbons (Fsp3) is 0.200. The molecule has 2 rings (SSSR count). The van der Waals surface area contributed by atoms with Crippen molar-refractivity contribution in [2.75, 3.05) is 4.72 Å². The molecule has 3 N–H and O–H groups in total. The van der Waals surface area contributed by atoms with Gasteiger partial charge in [-0.1, -0.05) is 0 Å². The third-order valence-electron chi connectivity index (χ3n) is 2.42.